The maximum absolute atomic E-state index is 12.2. The lowest BCUT2D eigenvalue weighted by atomic mass is 9.85. The molecule has 0 fully saturated rings. The number of alkyl halides is 2. The molecule has 6 nitrogen and oxygen atoms in total. The third-order valence-corrected chi connectivity index (χ3v) is 3.81. The van der Waals surface area contributed by atoms with Gasteiger partial charge in [0, 0.05) is 24.1 Å². The van der Waals surface area contributed by atoms with Gasteiger partial charge in [-0.2, -0.15) is 8.78 Å². The van der Waals surface area contributed by atoms with Crippen molar-refractivity contribution in [2.24, 2.45) is 0 Å². The molecular weight excluding hydrogens is 348 g/mol. The first kappa shape index (κ1) is 19.2. The van der Waals surface area contributed by atoms with Crippen molar-refractivity contribution < 1.29 is 33.0 Å². The van der Waals surface area contributed by atoms with E-state index in [1.54, 1.807) is 25.3 Å². The molecule has 0 saturated heterocycles. The monoisotopic (exact) mass is 365 g/mol. The summed E-state index contributed by atoms with van der Waals surface area (Å²) in [4.78, 5) is 20.3. The highest BCUT2D eigenvalue weighted by atomic mass is 19.3. The zero-order valence-electron chi connectivity index (χ0n) is 13.8. The number of methoxy groups -OCH3 is 1. The molecule has 1 atom stereocenters. The molecule has 3 rings (SSSR count). The van der Waals surface area contributed by atoms with Gasteiger partial charge in [-0.1, -0.05) is 18.2 Å². The van der Waals surface area contributed by atoms with E-state index in [9.17, 15) is 13.6 Å². The largest absolute Gasteiger partial charge is 0.497 e. The van der Waals surface area contributed by atoms with E-state index in [2.05, 4.69) is 10.1 Å². The van der Waals surface area contributed by atoms with Crippen LogP contribution in [0.2, 0.25) is 0 Å². The zero-order valence-corrected chi connectivity index (χ0v) is 13.8. The van der Waals surface area contributed by atoms with Crippen LogP contribution < -0.4 is 14.8 Å². The van der Waals surface area contributed by atoms with Gasteiger partial charge in [0.25, 0.3) is 6.47 Å². The van der Waals surface area contributed by atoms with E-state index >= 15 is 0 Å². The first-order chi connectivity index (χ1) is 12.5. The van der Waals surface area contributed by atoms with Crippen molar-refractivity contribution in [3.63, 3.8) is 0 Å². The molecule has 8 heteroatoms. The zero-order chi connectivity index (χ0) is 19.1. The third-order valence-electron chi connectivity index (χ3n) is 3.81. The van der Waals surface area contributed by atoms with Crippen LogP contribution >= 0.6 is 0 Å². The van der Waals surface area contributed by atoms with Crippen molar-refractivity contribution in [3.8, 4) is 11.5 Å². The highest BCUT2D eigenvalue weighted by molar-refractivity contribution is 5.95. The second-order valence-electron chi connectivity index (χ2n) is 5.31. The molecular formula is C18H17F2NO5. The average Bonchev–Trinajstić information content (AvgIpc) is 2.61. The minimum Gasteiger partial charge on any atom is -0.497 e. The van der Waals surface area contributed by atoms with Crippen LogP contribution in [-0.4, -0.2) is 31.2 Å². The van der Waals surface area contributed by atoms with Crippen LogP contribution in [0.3, 0.4) is 0 Å². The van der Waals surface area contributed by atoms with Gasteiger partial charge in [-0.15, -0.1) is 0 Å². The van der Waals surface area contributed by atoms with Crippen LogP contribution in [0.25, 0.3) is 0 Å². The number of amides is 1. The second kappa shape index (κ2) is 8.80. The normalized spacial score (nSPS) is 15.2. The van der Waals surface area contributed by atoms with E-state index < -0.39 is 6.61 Å². The fourth-order valence-electron chi connectivity index (χ4n) is 2.75. The number of ether oxygens (including phenoxy) is 2. The number of rotatable bonds is 4. The summed E-state index contributed by atoms with van der Waals surface area (Å²) >= 11 is 0. The Hall–Kier alpha value is -3.16. The first-order valence-corrected chi connectivity index (χ1v) is 7.59. The molecule has 0 spiro atoms. The standard InChI is InChI=1S/C17H15F2NO3.CH2O2/c1-22-12-6-7-13-14(9-16(21)20-15(13)8-12)10-2-4-11(5-3-10)23-17(18)19;2-1-3/h2-8,14,17H,9H2,1H3,(H,20,21);1H,(H,2,3). The minimum absolute atomic E-state index is 0.0938. The summed E-state index contributed by atoms with van der Waals surface area (Å²) < 4.78 is 33.9. The lowest BCUT2D eigenvalue weighted by molar-refractivity contribution is -0.123. The number of fused-ring (bicyclic) bond motifs is 1. The molecule has 0 radical (unpaired) electrons. The van der Waals surface area contributed by atoms with Gasteiger partial charge in [0.1, 0.15) is 11.5 Å². The smallest absolute Gasteiger partial charge is 0.387 e. The predicted molar refractivity (Wildman–Crippen MR) is 89.9 cm³/mol. The number of carboxylic acid groups (broad SMARTS) is 1. The highest BCUT2D eigenvalue weighted by Crippen LogP contribution is 2.39. The van der Waals surface area contributed by atoms with E-state index in [0.29, 0.717) is 17.9 Å². The molecule has 2 N–H and O–H groups in total. The Balaban J connectivity index is 0.000000758. The number of hydrogen-bond donors (Lipinski definition) is 2. The Morgan fingerprint density at radius 3 is 2.38 bits per heavy atom. The van der Waals surface area contributed by atoms with Crippen molar-refractivity contribution in [3.05, 3.63) is 53.6 Å². The summed E-state index contributed by atoms with van der Waals surface area (Å²) in [5, 5.41) is 9.72. The SMILES string of the molecule is COc1ccc2c(c1)NC(=O)CC2c1ccc(OC(F)F)cc1.O=CO. The van der Waals surface area contributed by atoms with Crippen molar-refractivity contribution >= 4 is 18.1 Å². The molecule has 1 heterocycles. The number of halogens is 2. The van der Waals surface area contributed by atoms with Gasteiger partial charge in [-0.25, -0.2) is 0 Å². The molecule has 1 aliphatic rings. The van der Waals surface area contributed by atoms with E-state index in [0.717, 1.165) is 11.1 Å². The van der Waals surface area contributed by atoms with Crippen LogP contribution in [0, 0.1) is 0 Å². The quantitative estimate of drug-likeness (QED) is 0.811. The molecule has 26 heavy (non-hydrogen) atoms. The predicted octanol–water partition coefficient (Wildman–Crippen LogP) is 3.47. The number of nitrogens with one attached hydrogen (secondary N) is 1. The van der Waals surface area contributed by atoms with Crippen molar-refractivity contribution in [2.75, 3.05) is 12.4 Å². The lowest BCUT2D eigenvalue weighted by Crippen LogP contribution is -2.23. The molecule has 1 aliphatic heterocycles. The first-order valence-electron chi connectivity index (χ1n) is 7.59. The van der Waals surface area contributed by atoms with Gasteiger partial charge in [-0.05, 0) is 29.3 Å². The van der Waals surface area contributed by atoms with Crippen LogP contribution in [-0.2, 0) is 9.59 Å². The second-order valence-corrected chi connectivity index (χ2v) is 5.31. The summed E-state index contributed by atoms with van der Waals surface area (Å²) in [7, 11) is 1.56. The number of hydrogen-bond acceptors (Lipinski definition) is 4. The van der Waals surface area contributed by atoms with E-state index in [-0.39, 0.29) is 24.0 Å². The van der Waals surface area contributed by atoms with Gasteiger partial charge >= 0.3 is 6.61 Å². The number of benzene rings is 2. The Bertz CT molecular complexity index is 765. The minimum atomic E-state index is -2.85. The molecule has 0 bridgehead atoms. The van der Waals surface area contributed by atoms with Gasteiger partial charge in [-0.3, -0.25) is 9.59 Å². The van der Waals surface area contributed by atoms with Gasteiger partial charge in [0.2, 0.25) is 5.91 Å². The van der Waals surface area contributed by atoms with Crippen LogP contribution in [0.4, 0.5) is 14.5 Å². The molecule has 1 amide bonds. The Labute approximate surface area is 148 Å². The number of anilines is 1. The number of carbonyl (C=O) groups excluding carboxylic acids is 1. The molecule has 0 aromatic heterocycles. The fraction of sp³-hybridized carbons (Fsp3) is 0.222. The van der Waals surface area contributed by atoms with Gasteiger partial charge < -0.3 is 19.9 Å². The highest BCUT2D eigenvalue weighted by Gasteiger charge is 2.26. The van der Waals surface area contributed by atoms with Crippen LogP contribution in [0.1, 0.15) is 23.5 Å². The van der Waals surface area contributed by atoms with E-state index in [1.807, 2.05) is 12.1 Å². The fourth-order valence-corrected chi connectivity index (χ4v) is 2.75. The molecule has 138 valence electrons. The molecule has 1 unspecified atom stereocenters. The summed E-state index contributed by atoms with van der Waals surface area (Å²) in [6, 6.07) is 11.9. The number of carbonyl (C=O) groups is 2. The topological polar surface area (TPSA) is 84.9 Å². The summed E-state index contributed by atoms with van der Waals surface area (Å²) in [5.41, 5.74) is 2.54. The van der Waals surface area contributed by atoms with Crippen LogP contribution in [0.5, 0.6) is 11.5 Å². The van der Waals surface area contributed by atoms with E-state index in [4.69, 9.17) is 14.6 Å². The maximum Gasteiger partial charge on any atom is 0.387 e. The lowest BCUT2D eigenvalue weighted by Gasteiger charge is -2.26. The van der Waals surface area contributed by atoms with Crippen molar-refractivity contribution in [2.45, 2.75) is 19.0 Å². The Kier molecular flexibility index (Phi) is 6.48. The summed E-state index contributed by atoms with van der Waals surface area (Å²) in [6.45, 7) is -3.10. The maximum atomic E-state index is 12.2. The Morgan fingerprint density at radius 2 is 1.81 bits per heavy atom. The molecule has 2 aromatic rings. The van der Waals surface area contributed by atoms with Crippen molar-refractivity contribution in [1.29, 1.82) is 0 Å². The van der Waals surface area contributed by atoms with Crippen molar-refractivity contribution in [1.82, 2.24) is 0 Å². The summed E-state index contributed by atoms with van der Waals surface area (Å²) in [5.74, 6) is 0.526. The Morgan fingerprint density at radius 1 is 1.19 bits per heavy atom. The average molecular weight is 365 g/mol. The van der Waals surface area contributed by atoms with Gasteiger partial charge in [0.05, 0.1) is 7.11 Å². The van der Waals surface area contributed by atoms with E-state index in [1.165, 1.54) is 12.1 Å². The van der Waals surface area contributed by atoms with Crippen LogP contribution in [0.15, 0.2) is 42.5 Å². The molecule has 0 aliphatic carbocycles. The molecule has 2 aromatic carbocycles. The summed E-state index contributed by atoms with van der Waals surface area (Å²) in [6.07, 6.45) is 0.300. The molecule has 0 saturated carbocycles. The van der Waals surface area contributed by atoms with Gasteiger partial charge in [0.15, 0.2) is 0 Å². The third kappa shape index (κ3) is 4.69.